The molecule has 1 aliphatic carbocycles. The van der Waals surface area contributed by atoms with Gasteiger partial charge in [-0.05, 0) is 61.6 Å². The highest BCUT2D eigenvalue weighted by atomic mass is 19.3. The molecule has 0 unspecified atom stereocenters. The third-order valence-corrected chi connectivity index (χ3v) is 10.6. The second kappa shape index (κ2) is 11.9. The van der Waals surface area contributed by atoms with Crippen molar-refractivity contribution in [3.63, 3.8) is 0 Å². The predicted molar refractivity (Wildman–Crippen MR) is 174 cm³/mol. The molecule has 0 radical (unpaired) electrons. The fraction of sp³-hybridized carbons (Fsp3) is 0.471. The van der Waals surface area contributed by atoms with Crippen molar-refractivity contribution in [2.45, 2.75) is 50.3 Å². The zero-order valence-corrected chi connectivity index (χ0v) is 27.2. The van der Waals surface area contributed by atoms with Gasteiger partial charge in [-0.2, -0.15) is 0 Å². The summed E-state index contributed by atoms with van der Waals surface area (Å²) in [6.07, 6.45) is 5.53. The summed E-state index contributed by atoms with van der Waals surface area (Å²) in [6, 6.07) is 5.72. The van der Waals surface area contributed by atoms with Gasteiger partial charge in [0, 0.05) is 63.9 Å². The molecule has 1 amide bonds. The largest absolute Gasteiger partial charge is 0.385 e. The Bertz CT molecular complexity index is 1940. The van der Waals surface area contributed by atoms with E-state index < -0.39 is 23.0 Å². The number of rotatable bonds is 8. The molecule has 4 aromatic rings. The maximum absolute atomic E-state index is 15.7. The summed E-state index contributed by atoms with van der Waals surface area (Å²) >= 11 is 0. The minimum absolute atomic E-state index is 0.0181. The highest BCUT2D eigenvalue weighted by Gasteiger charge is 2.60. The molecule has 3 N–H and O–H groups in total. The highest BCUT2D eigenvalue weighted by molar-refractivity contribution is 5.94. The molecule has 3 aliphatic heterocycles. The van der Waals surface area contributed by atoms with Crippen molar-refractivity contribution in [3.8, 4) is 11.3 Å². The van der Waals surface area contributed by atoms with Gasteiger partial charge < -0.3 is 25.6 Å². The standard InChI is InChI=1S/C34H37F4N9O2/c1-39-25-12-29(44-47-27(14-42-31(25)47)32(48)43-24-3-4-28(24)49-2)46-8-5-21-22(10-20(35)11-26(21)46)30-23(36)9-19(13-41-30)15-45-17-33(18-45)6-7-40-16-34(33,37)38/h9-14,24,28,39-40H,3-8,15-18H2,1-2H3,(H,43,48)/t24-,28-/m1/s1. The SMILES string of the molecule is CNc1cc(N2CCc3c(-c4ncc(CN5CC6(CCNCC6(F)F)C5)cc4F)cc(F)cc32)nn2c(C(=O)N[C@@H]3CC[C@H]3OC)cnc12. The lowest BCUT2D eigenvalue weighted by Gasteiger charge is -2.56. The van der Waals surface area contributed by atoms with Gasteiger partial charge in [0.2, 0.25) is 0 Å². The van der Waals surface area contributed by atoms with Gasteiger partial charge >= 0.3 is 0 Å². The number of ether oxygens (including phenoxy) is 1. The van der Waals surface area contributed by atoms with Crippen molar-refractivity contribution in [2.24, 2.45) is 5.41 Å². The van der Waals surface area contributed by atoms with Crippen molar-refractivity contribution in [2.75, 3.05) is 57.1 Å². The van der Waals surface area contributed by atoms with E-state index in [0.29, 0.717) is 72.0 Å². The number of likely N-dealkylation sites (tertiary alicyclic amines) is 1. The molecule has 11 nitrogen and oxygen atoms in total. The summed E-state index contributed by atoms with van der Waals surface area (Å²) in [5.41, 5.74) is 2.44. The number of nitrogens with one attached hydrogen (secondary N) is 3. The molecule has 6 heterocycles. The number of alkyl halides is 2. The Hall–Kier alpha value is -4.34. The summed E-state index contributed by atoms with van der Waals surface area (Å²) in [5.74, 6) is -3.84. The quantitative estimate of drug-likeness (QED) is 0.237. The lowest BCUT2D eigenvalue weighted by molar-refractivity contribution is -0.205. The molecule has 1 saturated carbocycles. The van der Waals surface area contributed by atoms with Crippen LogP contribution >= 0.6 is 0 Å². The van der Waals surface area contributed by atoms with Gasteiger partial charge in [0.1, 0.15) is 17.3 Å². The number of pyridine rings is 1. The van der Waals surface area contributed by atoms with Crippen LogP contribution in [0.5, 0.6) is 0 Å². The summed E-state index contributed by atoms with van der Waals surface area (Å²) in [4.78, 5) is 25.8. The van der Waals surface area contributed by atoms with E-state index in [9.17, 15) is 13.6 Å². The van der Waals surface area contributed by atoms with E-state index >= 15 is 8.78 Å². The van der Waals surface area contributed by atoms with Crippen molar-refractivity contribution in [1.29, 1.82) is 0 Å². The first kappa shape index (κ1) is 31.9. The van der Waals surface area contributed by atoms with Gasteiger partial charge in [0.05, 0.1) is 36.0 Å². The first-order chi connectivity index (χ1) is 23.6. The van der Waals surface area contributed by atoms with E-state index in [1.165, 1.54) is 35.1 Å². The molecule has 15 heteroatoms. The minimum Gasteiger partial charge on any atom is -0.385 e. The summed E-state index contributed by atoms with van der Waals surface area (Å²) in [7, 11) is 3.36. The third kappa shape index (κ3) is 5.29. The lowest BCUT2D eigenvalue weighted by Crippen LogP contribution is -2.69. The Kier molecular flexibility index (Phi) is 7.76. The summed E-state index contributed by atoms with van der Waals surface area (Å²) in [5, 5.41) is 13.6. The van der Waals surface area contributed by atoms with E-state index in [2.05, 4.69) is 25.9 Å². The van der Waals surface area contributed by atoms with Crippen LogP contribution < -0.4 is 20.9 Å². The molecular formula is C34H37F4N9O2. The second-order valence-corrected chi connectivity index (χ2v) is 13.6. The summed E-state index contributed by atoms with van der Waals surface area (Å²) < 4.78 is 67.0. The minimum atomic E-state index is -2.78. The van der Waals surface area contributed by atoms with Crippen LogP contribution in [0, 0.1) is 17.0 Å². The maximum atomic E-state index is 15.7. The average molecular weight is 680 g/mol. The number of methoxy groups -OCH3 is 1. The van der Waals surface area contributed by atoms with Crippen LogP contribution in [0.25, 0.3) is 16.9 Å². The van der Waals surface area contributed by atoms with Crippen molar-refractivity contribution in [1.82, 2.24) is 35.1 Å². The zero-order chi connectivity index (χ0) is 34.1. The van der Waals surface area contributed by atoms with Gasteiger partial charge in [-0.3, -0.25) is 14.7 Å². The van der Waals surface area contributed by atoms with Gasteiger partial charge in [0.25, 0.3) is 11.8 Å². The third-order valence-electron chi connectivity index (χ3n) is 10.6. The number of benzene rings is 1. The molecule has 4 aliphatic rings. The van der Waals surface area contributed by atoms with Crippen molar-refractivity contribution in [3.05, 3.63) is 65.1 Å². The Labute approximate surface area is 280 Å². The average Bonchev–Trinajstić information content (AvgIpc) is 3.67. The van der Waals surface area contributed by atoms with E-state index in [4.69, 9.17) is 9.84 Å². The van der Waals surface area contributed by atoms with Gasteiger partial charge in [-0.1, -0.05) is 0 Å². The number of carbonyl (C=O) groups excluding carboxylic acids is 1. The Morgan fingerprint density at radius 2 is 1.96 bits per heavy atom. The second-order valence-electron chi connectivity index (χ2n) is 13.6. The monoisotopic (exact) mass is 679 g/mol. The Morgan fingerprint density at radius 3 is 2.67 bits per heavy atom. The number of hydrogen-bond donors (Lipinski definition) is 3. The molecule has 49 heavy (non-hydrogen) atoms. The van der Waals surface area contributed by atoms with Crippen LogP contribution in [0.2, 0.25) is 0 Å². The lowest BCUT2D eigenvalue weighted by atomic mass is 9.69. The highest BCUT2D eigenvalue weighted by Crippen LogP contribution is 2.49. The van der Waals surface area contributed by atoms with Gasteiger partial charge in [-0.15, -0.1) is 5.10 Å². The molecule has 1 aromatic carbocycles. The zero-order valence-electron chi connectivity index (χ0n) is 27.2. The molecule has 8 rings (SSSR count). The van der Waals surface area contributed by atoms with Crippen LogP contribution in [-0.4, -0.2) is 95.3 Å². The van der Waals surface area contributed by atoms with Crippen LogP contribution in [0.3, 0.4) is 0 Å². The number of aromatic nitrogens is 4. The smallest absolute Gasteiger partial charge is 0.271 e. The topological polar surface area (TPSA) is 112 Å². The molecule has 2 saturated heterocycles. The Balaban J connectivity index is 1.06. The van der Waals surface area contributed by atoms with Crippen LogP contribution in [0.15, 0.2) is 36.7 Å². The number of halogens is 4. The Morgan fingerprint density at radius 1 is 1.12 bits per heavy atom. The normalized spacial score (nSPS) is 22.5. The van der Waals surface area contributed by atoms with Crippen molar-refractivity contribution < 1.29 is 27.1 Å². The predicted octanol–water partition coefficient (Wildman–Crippen LogP) is 4.14. The van der Waals surface area contributed by atoms with Crippen LogP contribution in [0.4, 0.5) is 34.8 Å². The van der Waals surface area contributed by atoms with Gasteiger partial charge in [-0.25, -0.2) is 27.1 Å². The number of piperidine rings is 1. The number of hydrogen-bond acceptors (Lipinski definition) is 9. The van der Waals surface area contributed by atoms with Crippen LogP contribution in [0.1, 0.15) is 40.9 Å². The van der Waals surface area contributed by atoms with Gasteiger partial charge in [0.15, 0.2) is 17.2 Å². The first-order valence-corrected chi connectivity index (χ1v) is 16.6. The number of nitrogens with zero attached hydrogens (tertiary/aromatic N) is 6. The van der Waals surface area contributed by atoms with Crippen LogP contribution in [-0.2, 0) is 17.7 Å². The van der Waals surface area contributed by atoms with E-state index in [1.807, 2.05) is 9.80 Å². The van der Waals surface area contributed by atoms with E-state index in [-0.39, 0.29) is 49.1 Å². The molecule has 1 spiro atoms. The molecule has 3 fully saturated rings. The maximum Gasteiger partial charge on any atom is 0.271 e. The number of fused-ring (bicyclic) bond motifs is 2. The molecule has 258 valence electrons. The fourth-order valence-corrected chi connectivity index (χ4v) is 7.78. The molecule has 2 atom stereocenters. The molecular weight excluding hydrogens is 642 g/mol. The fourth-order valence-electron chi connectivity index (χ4n) is 7.78. The molecule has 0 bridgehead atoms. The number of amides is 1. The number of carbonyl (C=O) groups is 1. The number of anilines is 3. The van der Waals surface area contributed by atoms with E-state index in [0.717, 1.165) is 12.8 Å². The number of imidazole rings is 1. The van der Waals surface area contributed by atoms with E-state index in [1.54, 1.807) is 20.2 Å². The first-order valence-electron chi connectivity index (χ1n) is 16.6. The summed E-state index contributed by atoms with van der Waals surface area (Å²) in [6.45, 7) is 1.45. The van der Waals surface area contributed by atoms with Crippen molar-refractivity contribution >= 4 is 28.7 Å². The molecule has 3 aromatic heterocycles.